The van der Waals surface area contributed by atoms with Crippen LogP contribution in [-0.4, -0.2) is 46.1 Å². The largest absolute Gasteiger partial charge is 0.324 e. The molecule has 0 saturated heterocycles. The normalized spacial score (nSPS) is 11.8. The third-order valence-corrected chi connectivity index (χ3v) is 6.92. The van der Waals surface area contributed by atoms with Crippen LogP contribution >= 0.6 is 23.4 Å². The van der Waals surface area contributed by atoms with Crippen molar-refractivity contribution in [1.29, 1.82) is 0 Å². The lowest BCUT2D eigenvalue weighted by Crippen LogP contribution is -2.15. The van der Waals surface area contributed by atoms with E-state index in [1.54, 1.807) is 0 Å². The molecular formula is C20H18ClN5O3S2. The van der Waals surface area contributed by atoms with Crippen LogP contribution in [0.25, 0.3) is 22.1 Å². The number of carbonyl (C=O) groups is 1. The van der Waals surface area contributed by atoms with Crippen molar-refractivity contribution in [3.05, 3.63) is 47.5 Å². The molecule has 1 N–H and O–H groups in total. The van der Waals surface area contributed by atoms with Gasteiger partial charge in [0.05, 0.1) is 26.9 Å². The Morgan fingerprint density at radius 3 is 2.71 bits per heavy atom. The molecule has 0 aliphatic heterocycles. The summed E-state index contributed by atoms with van der Waals surface area (Å²) in [5, 5.41) is 12.7. The summed E-state index contributed by atoms with van der Waals surface area (Å²) in [6, 6.07) is 12.1. The van der Waals surface area contributed by atoms with Gasteiger partial charge in [-0.3, -0.25) is 4.79 Å². The molecule has 0 saturated carbocycles. The molecule has 4 rings (SSSR count). The van der Waals surface area contributed by atoms with Crippen LogP contribution in [0, 0.1) is 0 Å². The summed E-state index contributed by atoms with van der Waals surface area (Å²) in [5.74, 6) is -0.351. The molecule has 31 heavy (non-hydrogen) atoms. The number of anilines is 1. The summed E-state index contributed by atoms with van der Waals surface area (Å²) in [7, 11) is -3.42. The van der Waals surface area contributed by atoms with Gasteiger partial charge in [0, 0.05) is 18.2 Å². The smallest absolute Gasteiger partial charge is 0.234 e. The molecule has 0 radical (unpaired) electrons. The quantitative estimate of drug-likeness (QED) is 0.423. The summed E-state index contributed by atoms with van der Waals surface area (Å²) in [5.41, 5.74) is 2.69. The van der Waals surface area contributed by atoms with Crippen LogP contribution in [0.15, 0.2) is 52.5 Å². The van der Waals surface area contributed by atoms with Crippen molar-refractivity contribution in [2.24, 2.45) is 0 Å². The van der Waals surface area contributed by atoms with E-state index in [1.807, 2.05) is 31.2 Å². The van der Waals surface area contributed by atoms with E-state index in [4.69, 9.17) is 11.6 Å². The van der Waals surface area contributed by atoms with Gasteiger partial charge in [-0.05, 0) is 31.2 Å². The Bertz CT molecular complexity index is 1420. The highest BCUT2D eigenvalue weighted by molar-refractivity contribution is 7.99. The number of benzene rings is 2. The van der Waals surface area contributed by atoms with Gasteiger partial charge in [0.25, 0.3) is 0 Å². The van der Waals surface area contributed by atoms with Crippen LogP contribution in [0.5, 0.6) is 0 Å². The fraction of sp³-hybridized carbons (Fsp3) is 0.200. The molecule has 0 aliphatic carbocycles. The van der Waals surface area contributed by atoms with Crippen molar-refractivity contribution < 1.29 is 13.2 Å². The van der Waals surface area contributed by atoms with Gasteiger partial charge in [0.1, 0.15) is 5.52 Å². The maximum absolute atomic E-state index is 12.4. The second-order valence-electron chi connectivity index (χ2n) is 6.78. The lowest BCUT2D eigenvalue weighted by Gasteiger charge is -2.08. The first-order chi connectivity index (χ1) is 14.8. The second kappa shape index (κ2) is 8.45. The third-order valence-electron chi connectivity index (χ3n) is 4.64. The van der Waals surface area contributed by atoms with Crippen LogP contribution in [0.1, 0.15) is 6.92 Å². The molecule has 0 unspecified atom stereocenters. The van der Waals surface area contributed by atoms with E-state index < -0.39 is 9.84 Å². The van der Waals surface area contributed by atoms with Crippen molar-refractivity contribution >= 4 is 66.9 Å². The SMILES string of the molecule is CCn1c2ccccc2c2nnc(SCC(=O)Nc3cc(S(C)(=O)=O)ccc3Cl)nc21. The molecule has 0 fully saturated rings. The number of fused-ring (bicyclic) bond motifs is 3. The molecule has 2 aromatic carbocycles. The summed E-state index contributed by atoms with van der Waals surface area (Å²) in [6.45, 7) is 2.76. The van der Waals surface area contributed by atoms with E-state index in [2.05, 4.69) is 25.1 Å². The Morgan fingerprint density at radius 1 is 1.19 bits per heavy atom. The van der Waals surface area contributed by atoms with Gasteiger partial charge >= 0.3 is 0 Å². The number of para-hydroxylation sites is 1. The van der Waals surface area contributed by atoms with Crippen molar-refractivity contribution in [1.82, 2.24) is 19.7 Å². The van der Waals surface area contributed by atoms with Gasteiger partial charge in [0.2, 0.25) is 11.1 Å². The fourth-order valence-electron chi connectivity index (χ4n) is 3.22. The van der Waals surface area contributed by atoms with Crippen molar-refractivity contribution in [3.63, 3.8) is 0 Å². The molecule has 0 spiro atoms. The minimum absolute atomic E-state index is 0.0129. The minimum atomic E-state index is -3.42. The molecule has 2 heterocycles. The standard InChI is InChI=1S/C20H18ClN5O3S2/c1-3-26-16-7-5-4-6-13(16)18-19(26)23-20(25-24-18)30-11-17(27)22-15-10-12(31(2,28)29)8-9-14(15)21/h4-10H,3,11H2,1-2H3,(H,22,27). The number of hydrogen-bond donors (Lipinski definition) is 1. The van der Waals surface area contributed by atoms with Crippen molar-refractivity contribution in [3.8, 4) is 0 Å². The van der Waals surface area contributed by atoms with E-state index >= 15 is 0 Å². The van der Waals surface area contributed by atoms with Crippen molar-refractivity contribution in [2.45, 2.75) is 23.5 Å². The van der Waals surface area contributed by atoms with Gasteiger partial charge in [-0.1, -0.05) is 41.6 Å². The number of aromatic nitrogens is 4. The van der Waals surface area contributed by atoms with Crippen LogP contribution in [0.4, 0.5) is 5.69 Å². The summed E-state index contributed by atoms with van der Waals surface area (Å²) < 4.78 is 25.5. The van der Waals surface area contributed by atoms with Crippen LogP contribution in [0.2, 0.25) is 5.02 Å². The van der Waals surface area contributed by atoms with Crippen LogP contribution in [0.3, 0.4) is 0 Å². The number of thioether (sulfide) groups is 1. The summed E-state index contributed by atoms with van der Waals surface area (Å²) in [6.07, 6.45) is 1.09. The van der Waals surface area contributed by atoms with Gasteiger partial charge in [-0.2, -0.15) is 0 Å². The maximum atomic E-state index is 12.4. The Balaban J connectivity index is 1.53. The topological polar surface area (TPSA) is 107 Å². The lowest BCUT2D eigenvalue weighted by atomic mass is 10.2. The Kier molecular flexibility index (Phi) is 5.87. The summed E-state index contributed by atoms with van der Waals surface area (Å²) in [4.78, 5) is 17.1. The third kappa shape index (κ3) is 4.36. The number of amides is 1. The van der Waals surface area contributed by atoms with Gasteiger partial charge in [-0.15, -0.1) is 10.2 Å². The van der Waals surface area contributed by atoms with Gasteiger partial charge in [-0.25, -0.2) is 13.4 Å². The van der Waals surface area contributed by atoms with E-state index in [0.29, 0.717) is 10.8 Å². The fourth-order valence-corrected chi connectivity index (χ4v) is 4.61. The number of hydrogen-bond acceptors (Lipinski definition) is 7. The molecule has 160 valence electrons. The van der Waals surface area contributed by atoms with E-state index in [1.165, 1.54) is 18.2 Å². The zero-order chi connectivity index (χ0) is 22.2. The molecule has 0 atom stereocenters. The number of nitrogens with one attached hydrogen (secondary N) is 1. The molecule has 0 bridgehead atoms. The van der Waals surface area contributed by atoms with E-state index in [0.717, 1.165) is 41.0 Å². The predicted octanol–water partition coefficient (Wildman–Crippen LogP) is 3.79. The lowest BCUT2D eigenvalue weighted by molar-refractivity contribution is -0.113. The number of nitrogens with zero attached hydrogens (tertiary/aromatic N) is 4. The zero-order valence-corrected chi connectivity index (χ0v) is 19.1. The van der Waals surface area contributed by atoms with Gasteiger partial charge < -0.3 is 9.88 Å². The van der Waals surface area contributed by atoms with Crippen LogP contribution < -0.4 is 5.32 Å². The first-order valence-electron chi connectivity index (χ1n) is 9.32. The molecule has 2 aromatic heterocycles. The Labute approximate surface area is 187 Å². The second-order valence-corrected chi connectivity index (χ2v) is 10.1. The number of carbonyl (C=O) groups excluding carboxylic acids is 1. The van der Waals surface area contributed by atoms with E-state index in [-0.39, 0.29) is 27.3 Å². The molecule has 0 aliphatic rings. The minimum Gasteiger partial charge on any atom is -0.324 e. The maximum Gasteiger partial charge on any atom is 0.234 e. The highest BCUT2D eigenvalue weighted by Gasteiger charge is 2.16. The Morgan fingerprint density at radius 2 is 1.97 bits per heavy atom. The molecule has 11 heteroatoms. The number of aryl methyl sites for hydroxylation is 1. The predicted molar refractivity (Wildman–Crippen MR) is 122 cm³/mol. The molecule has 1 amide bonds. The van der Waals surface area contributed by atoms with E-state index in [9.17, 15) is 13.2 Å². The number of sulfone groups is 1. The zero-order valence-electron chi connectivity index (χ0n) is 16.7. The Hall–Kier alpha value is -2.69. The monoisotopic (exact) mass is 475 g/mol. The summed E-state index contributed by atoms with van der Waals surface area (Å²) >= 11 is 7.23. The first kappa shape index (κ1) is 21.5. The first-order valence-corrected chi connectivity index (χ1v) is 12.6. The van der Waals surface area contributed by atoms with Crippen LogP contribution in [-0.2, 0) is 21.2 Å². The average molecular weight is 476 g/mol. The highest BCUT2D eigenvalue weighted by atomic mass is 35.5. The molecular weight excluding hydrogens is 458 g/mol. The molecule has 8 nitrogen and oxygen atoms in total. The number of halogens is 1. The average Bonchev–Trinajstić information content (AvgIpc) is 3.06. The van der Waals surface area contributed by atoms with Gasteiger partial charge in [0.15, 0.2) is 15.5 Å². The molecule has 4 aromatic rings. The highest BCUT2D eigenvalue weighted by Crippen LogP contribution is 2.28. The van der Waals surface area contributed by atoms with Crippen molar-refractivity contribution in [2.75, 3.05) is 17.3 Å². The number of rotatable bonds is 6.